The molecule has 3 heteroatoms. The Balaban J connectivity index is 0. The molecule has 0 aromatic carbocycles. The van der Waals surface area contributed by atoms with Gasteiger partial charge in [0.2, 0.25) is 0 Å². The van der Waals surface area contributed by atoms with E-state index in [-0.39, 0.29) is 64.6 Å². The maximum absolute atomic E-state index is 9.83. The zero-order valence-corrected chi connectivity index (χ0v) is 9.22. The van der Waals surface area contributed by atoms with E-state index in [1.165, 1.54) is 0 Å². The molecular formula is C6H13KO2. The van der Waals surface area contributed by atoms with E-state index in [1.807, 2.05) is 0 Å². The van der Waals surface area contributed by atoms with Gasteiger partial charge in [0.15, 0.2) is 0 Å². The van der Waals surface area contributed by atoms with Crippen LogP contribution >= 0.6 is 0 Å². The summed E-state index contributed by atoms with van der Waals surface area (Å²) in [6.07, 6.45) is 3.59. The summed E-state index contributed by atoms with van der Waals surface area (Å²) in [4.78, 5) is 0. The fourth-order valence-corrected chi connectivity index (χ4v) is 0.567. The molecule has 0 aromatic rings. The molecule has 0 amide bonds. The van der Waals surface area contributed by atoms with E-state index < -0.39 is 0 Å². The molecule has 0 saturated carbocycles. The molecule has 0 fully saturated rings. The van der Waals surface area contributed by atoms with Crippen molar-refractivity contribution in [2.75, 3.05) is 13.2 Å². The van der Waals surface area contributed by atoms with Crippen molar-refractivity contribution in [3.8, 4) is 0 Å². The zero-order valence-electron chi connectivity index (χ0n) is 6.10. The number of rotatable bonds is 5. The summed E-state index contributed by atoms with van der Waals surface area (Å²) in [5.41, 5.74) is 0. The van der Waals surface area contributed by atoms with Crippen LogP contribution in [0.15, 0.2) is 0 Å². The van der Waals surface area contributed by atoms with Gasteiger partial charge in [-0.15, -0.1) is 6.61 Å². The molecule has 0 saturated heterocycles. The number of hydrogen-bond donors (Lipinski definition) is 1. The average molecular weight is 156 g/mol. The van der Waals surface area contributed by atoms with Crippen molar-refractivity contribution < 1.29 is 61.6 Å². The fourth-order valence-electron chi connectivity index (χ4n) is 0.567. The Hall–Kier alpha value is 1.56. The maximum Gasteiger partial charge on any atom is 1.00 e. The molecule has 0 aliphatic carbocycles. The van der Waals surface area contributed by atoms with Gasteiger partial charge in [-0.1, -0.05) is 19.3 Å². The SMILES string of the molecule is [K+].[O-]CCCCCCO. The van der Waals surface area contributed by atoms with Gasteiger partial charge in [-0.2, -0.15) is 0 Å². The minimum absolute atomic E-state index is 0. The van der Waals surface area contributed by atoms with Gasteiger partial charge in [0, 0.05) is 6.61 Å². The van der Waals surface area contributed by atoms with E-state index in [1.54, 1.807) is 0 Å². The summed E-state index contributed by atoms with van der Waals surface area (Å²) in [7, 11) is 0. The first-order valence-electron chi connectivity index (χ1n) is 3.10. The van der Waals surface area contributed by atoms with Crippen LogP contribution < -0.4 is 56.5 Å². The van der Waals surface area contributed by atoms with Crippen LogP contribution in [0.4, 0.5) is 0 Å². The van der Waals surface area contributed by atoms with E-state index >= 15 is 0 Å². The molecule has 0 rings (SSSR count). The summed E-state index contributed by atoms with van der Waals surface area (Å²) < 4.78 is 0. The normalized spacial score (nSPS) is 8.67. The monoisotopic (exact) mass is 156 g/mol. The van der Waals surface area contributed by atoms with Gasteiger partial charge in [0.05, 0.1) is 0 Å². The number of unbranched alkanes of at least 4 members (excludes halogenated alkanes) is 3. The van der Waals surface area contributed by atoms with E-state index in [0.29, 0.717) is 0 Å². The van der Waals surface area contributed by atoms with Crippen molar-refractivity contribution in [2.45, 2.75) is 25.7 Å². The molecule has 2 nitrogen and oxygen atoms in total. The topological polar surface area (TPSA) is 43.3 Å². The second-order valence-electron chi connectivity index (χ2n) is 1.84. The van der Waals surface area contributed by atoms with Gasteiger partial charge < -0.3 is 10.2 Å². The zero-order chi connectivity index (χ0) is 6.24. The fraction of sp³-hybridized carbons (Fsp3) is 1.00. The van der Waals surface area contributed by atoms with Crippen LogP contribution in [0.1, 0.15) is 25.7 Å². The third-order valence-electron chi connectivity index (χ3n) is 1.05. The molecule has 0 unspecified atom stereocenters. The number of hydrogen-bond acceptors (Lipinski definition) is 2. The second kappa shape index (κ2) is 12.3. The maximum atomic E-state index is 9.83. The molecule has 0 heterocycles. The van der Waals surface area contributed by atoms with Crippen molar-refractivity contribution in [3.63, 3.8) is 0 Å². The molecule has 0 atom stereocenters. The number of aliphatic hydroxyl groups excluding tert-OH is 1. The molecule has 1 N–H and O–H groups in total. The van der Waals surface area contributed by atoms with Gasteiger partial charge in [-0.3, -0.25) is 0 Å². The predicted molar refractivity (Wildman–Crippen MR) is 30.4 cm³/mol. The van der Waals surface area contributed by atoms with Crippen molar-refractivity contribution in [1.29, 1.82) is 0 Å². The summed E-state index contributed by atoms with van der Waals surface area (Å²) in [5, 5.41) is 18.1. The van der Waals surface area contributed by atoms with Gasteiger partial charge in [0.1, 0.15) is 0 Å². The van der Waals surface area contributed by atoms with E-state index in [2.05, 4.69) is 0 Å². The second-order valence-corrected chi connectivity index (χ2v) is 1.84. The molecule has 50 valence electrons. The summed E-state index contributed by atoms with van der Waals surface area (Å²) in [6, 6.07) is 0. The van der Waals surface area contributed by atoms with E-state index in [4.69, 9.17) is 5.11 Å². The smallest absolute Gasteiger partial charge is 0.854 e. The molecule has 0 aliphatic rings. The van der Waals surface area contributed by atoms with E-state index in [9.17, 15) is 5.11 Å². The Morgan fingerprint density at radius 3 is 2.00 bits per heavy atom. The molecule has 0 spiro atoms. The first kappa shape index (κ1) is 13.2. The Labute approximate surface area is 99.1 Å². The third-order valence-corrected chi connectivity index (χ3v) is 1.05. The molecule has 0 aromatic heterocycles. The Bertz CT molecular complexity index is 36.0. The first-order valence-corrected chi connectivity index (χ1v) is 3.10. The Kier molecular flexibility index (Phi) is 17.9. The minimum atomic E-state index is 0. The molecule has 0 bridgehead atoms. The van der Waals surface area contributed by atoms with Crippen molar-refractivity contribution in [3.05, 3.63) is 0 Å². The molecular weight excluding hydrogens is 143 g/mol. The van der Waals surface area contributed by atoms with Crippen LogP contribution in [-0.2, 0) is 0 Å². The van der Waals surface area contributed by atoms with Gasteiger partial charge in [-0.25, -0.2) is 0 Å². The van der Waals surface area contributed by atoms with Crippen molar-refractivity contribution >= 4 is 0 Å². The van der Waals surface area contributed by atoms with Crippen LogP contribution in [0, 0.1) is 0 Å². The summed E-state index contributed by atoms with van der Waals surface area (Å²) in [5.74, 6) is 0. The van der Waals surface area contributed by atoms with Gasteiger partial charge in [0.25, 0.3) is 0 Å². The average Bonchev–Trinajstić information content (AvgIpc) is 1.81. The minimum Gasteiger partial charge on any atom is -0.854 e. The summed E-state index contributed by atoms with van der Waals surface area (Å²) >= 11 is 0. The van der Waals surface area contributed by atoms with Crippen LogP contribution in [0.2, 0.25) is 0 Å². The Morgan fingerprint density at radius 1 is 1.00 bits per heavy atom. The molecule has 0 aliphatic heterocycles. The molecule has 9 heavy (non-hydrogen) atoms. The standard InChI is InChI=1S/C6H13O2.K/c7-5-3-1-2-4-6-8;/h7H,1-6H2;/q-1;+1. The van der Waals surface area contributed by atoms with Gasteiger partial charge in [-0.05, 0) is 6.42 Å². The van der Waals surface area contributed by atoms with Crippen LogP contribution in [0.5, 0.6) is 0 Å². The van der Waals surface area contributed by atoms with Crippen LogP contribution in [0.25, 0.3) is 0 Å². The molecule has 0 radical (unpaired) electrons. The summed E-state index contributed by atoms with van der Waals surface area (Å²) in [6.45, 7) is 0.296. The predicted octanol–water partition coefficient (Wildman–Crippen LogP) is -3.10. The number of aliphatic hydroxyl groups is 1. The van der Waals surface area contributed by atoms with Crippen LogP contribution in [0.3, 0.4) is 0 Å². The van der Waals surface area contributed by atoms with Gasteiger partial charge >= 0.3 is 51.4 Å². The third kappa shape index (κ3) is 12.7. The Morgan fingerprint density at radius 2 is 1.56 bits per heavy atom. The largest absolute Gasteiger partial charge is 1.00 e. The van der Waals surface area contributed by atoms with Crippen molar-refractivity contribution in [1.82, 2.24) is 0 Å². The first-order chi connectivity index (χ1) is 3.91. The quantitative estimate of drug-likeness (QED) is 0.338. The van der Waals surface area contributed by atoms with Crippen molar-refractivity contribution in [2.24, 2.45) is 0 Å². The van der Waals surface area contributed by atoms with E-state index in [0.717, 1.165) is 25.7 Å². The van der Waals surface area contributed by atoms with Crippen LogP contribution in [-0.4, -0.2) is 18.3 Å².